The topological polar surface area (TPSA) is 122 Å². The van der Waals surface area contributed by atoms with E-state index in [1.54, 1.807) is 36.4 Å². The number of aryl methyl sites for hydroxylation is 1. The van der Waals surface area contributed by atoms with Crippen LogP contribution in [0.5, 0.6) is 0 Å². The van der Waals surface area contributed by atoms with Gasteiger partial charge in [-0.25, -0.2) is 26.3 Å². The maximum Gasteiger partial charge on any atom is 0.242 e. The van der Waals surface area contributed by atoms with Crippen LogP contribution in [0.4, 0.5) is 0 Å². The predicted molar refractivity (Wildman–Crippen MR) is 122 cm³/mol. The molecule has 1 saturated heterocycles. The lowest BCUT2D eigenvalue weighted by Gasteiger charge is -2.36. The van der Waals surface area contributed by atoms with E-state index in [1.807, 2.05) is 6.92 Å². The first-order valence-corrected chi connectivity index (χ1v) is 13.6. The lowest BCUT2D eigenvalue weighted by Crippen LogP contribution is -2.51. The third-order valence-electron chi connectivity index (χ3n) is 5.32. The Morgan fingerprint density at radius 2 is 1.72 bits per heavy atom. The normalized spacial score (nSPS) is 22.0. The van der Waals surface area contributed by atoms with Crippen molar-refractivity contribution in [2.24, 2.45) is 0 Å². The minimum atomic E-state index is -3.89. The van der Waals surface area contributed by atoms with Crippen LogP contribution in [0.1, 0.15) is 24.8 Å². The average molecular weight is 503 g/mol. The first-order valence-electron chi connectivity index (χ1n) is 10.2. The molecular formula is C21H27ClN2O6S2. The number of ether oxygens (including phenoxy) is 1. The Hall–Kier alpha value is -1.53. The summed E-state index contributed by atoms with van der Waals surface area (Å²) in [5, 5.41) is 9.84. The van der Waals surface area contributed by atoms with Crippen molar-refractivity contribution >= 4 is 31.6 Å². The Kier molecular flexibility index (Phi) is 8.31. The maximum atomic E-state index is 12.7. The van der Waals surface area contributed by atoms with Gasteiger partial charge in [-0.3, -0.25) is 0 Å². The summed E-state index contributed by atoms with van der Waals surface area (Å²) in [6.07, 6.45) is 0.280. The second-order valence-corrected chi connectivity index (χ2v) is 11.6. The van der Waals surface area contributed by atoms with Crippen molar-refractivity contribution in [1.29, 1.82) is 0 Å². The number of aliphatic hydroxyl groups is 1. The van der Waals surface area contributed by atoms with E-state index in [2.05, 4.69) is 9.44 Å². The highest BCUT2D eigenvalue weighted by Crippen LogP contribution is 2.25. The van der Waals surface area contributed by atoms with Gasteiger partial charge < -0.3 is 9.84 Å². The molecule has 11 heteroatoms. The van der Waals surface area contributed by atoms with Crippen LogP contribution in [0.3, 0.4) is 0 Å². The Bertz CT molecular complexity index is 1120. The predicted octanol–water partition coefficient (Wildman–Crippen LogP) is 2.20. The van der Waals surface area contributed by atoms with E-state index in [1.165, 1.54) is 12.1 Å². The molecule has 0 radical (unpaired) electrons. The molecule has 0 aromatic heterocycles. The smallest absolute Gasteiger partial charge is 0.242 e. The first kappa shape index (κ1) is 25.1. The number of nitrogens with one attached hydrogen (secondary N) is 2. The summed E-state index contributed by atoms with van der Waals surface area (Å²) in [5.74, 6) is 0. The molecule has 0 spiro atoms. The largest absolute Gasteiger partial charge is 0.394 e. The highest BCUT2D eigenvalue weighted by molar-refractivity contribution is 7.89. The van der Waals surface area contributed by atoms with Crippen molar-refractivity contribution in [3.63, 3.8) is 0 Å². The summed E-state index contributed by atoms with van der Waals surface area (Å²) in [7, 11) is -7.51. The van der Waals surface area contributed by atoms with E-state index in [4.69, 9.17) is 16.3 Å². The summed E-state index contributed by atoms with van der Waals surface area (Å²) < 4.78 is 61.2. The van der Waals surface area contributed by atoms with Gasteiger partial charge in [0.1, 0.15) is 4.90 Å². The number of hydrogen-bond acceptors (Lipinski definition) is 6. The van der Waals surface area contributed by atoms with E-state index in [-0.39, 0.29) is 34.1 Å². The zero-order valence-electron chi connectivity index (χ0n) is 17.6. The Morgan fingerprint density at radius 1 is 1.03 bits per heavy atom. The second-order valence-electron chi connectivity index (χ2n) is 7.71. The number of halogens is 1. The zero-order chi connectivity index (χ0) is 23.4. The minimum Gasteiger partial charge on any atom is -0.394 e. The molecule has 0 unspecified atom stereocenters. The fourth-order valence-corrected chi connectivity index (χ4v) is 6.43. The van der Waals surface area contributed by atoms with Crippen LogP contribution in [-0.2, 0) is 24.8 Å². The summed E-state index contributed by atoms with van der Waals surface area (Å²) >= 11 is 6.01. The van der Waals surface area contributed by atoms with E-state index >= 15 is 0 Å². The molecule has 1 aliphatic heterocycles. The quantitative estimate of drug-likeness (QED) is 0.483. The standard InChI is InChI=1S/C21H27ClN2O6S2/c1-15-6-9-17(10-7-15)31(26,27)23-13-12-16-8-11-19(20(14-25)30-16)24-32(28,29)21-5-3-2-4-18(21)22/h2-7,9-10,16,19-20,23-25H,8,11-14H2,1H3/t16-,19-,20+/m0/s1. The van der Waals surface area contributed by atoms with Crippen molar-refractivity contribution in [2.45, 2.75) is 54.2 Å². The van der Waals surface area contributed by atoms with E-state index < -0.39 is 32.2 Å². The number of hydrogen-bond donors (Lipinski definition) is 3. The molecule has 2 aromatic rings. The van der Waals surface area contributed by atoms with Crippen molar-refractivity contribution in [3.05, 3.63) is 59.1 Å². The van der Waals surface area contributed by atoms with Gasteiger partial charge in [0.2, 0.25) is 20.0 Å². The van der Waals surface area contributed by atoms with E-state index in [0.29, 0.717) is 19.3 Å². The van der Waals surface area contributed by atoms with Gasteiger partial charge in [-0.2, -0.15) is 0 Å². The molecule has 2 aromatic carbocycles. The van der Waals surface area contributed by atoms with Crippen LogP contribution in [0, 0.1) is 6.92 Å². The summed E-state index contributed by atoms with van der Waals surface area (Å²) in [4.78, 5) is 0.154. The number of aliphatic hydroxyl groups excluding tert-OH is 1. The molecule has 0 bridgehead atoms. The lowest BCUT2D eigenvalue weighted by molar-refractivity contribution is -0.0869. The molecule has 0 saturated carbocycles. The van der Waals surface area contributed by atoms with Crippen molar-refractivity contribution in [3.8, 4) is 0 Å². The molecule has 3 atom stereocenters. The third-order valence-corrected chi connectivity index (χ3v) is 8.78. The Balaban J connectivity index is 1.55. The third kappa shape index (κ3) is 6.28. The fourth-order valence-electron chi connectivity index (χ4n) is 3.56. The molecule has 3 N–H and O–H groups in total. The number of rotatable bonds is 9. The van der Waals surface area contributed by atoms with Gasteiger partial charge in [-0.05, 0) is 50.5 Å². The van der Waals surface area contributed by atoms with Crippen LogP contribution >= 0.6 is 11.6 Å². The molecule has 0 amide bonds. The highest BCUT2D eigenvalue weighted by atomic mass is 35.5. The Labute approximate surface area is 194 Å². The maximum absolute atomic E-state index is 12.7. The molecule has 1 aliphatic rings. The van der Waals surface area contributed by atoms with Crippen LogP contribution in [0.2, 0.25) is 5.02 Å². The fraction of sp³-hybridized carbons (Fsp3) is 0.429. The monoisotopic (exact) mass is 502 g/mol. The molecule has 32 heavy (non-hydrogen) atoms. The van der Waals surface area contributed by atoms with Crippen molar-refractivity contribution in [1.82, 2.24) is 9.44 Å². The first-order chi connectivity index (χ1) is 15.1. The van der Waals surface area contributed by atoms with Crippen LogP contribution in [0.25, 0.3) is 0 Å². The highest BCUT2D eigenvalue weighted by Gasteiger charge is 2.34. The van der Waals surface area contributed by atoms with Gasteiger partial charge >= 0.3 is 0 Å². The zero-order valence-corrected chi connectivity index (χ0v) is 20.0. The van der Waals surface area contributed by atoms with Gasteiger partial charge in [-0.1, -0.05) is 41.4 Å². The van der Waals surface area contributed by atoms with Crippen molar-refractivity contribution in [2.75, 3.05) is 13.2 Å². The van der Waals surface area contributed by atoms with Crippen molar-refractivity contribution < 1.29 is 26.7 Å². The molecule has 8 nitrogen and oxygen atoms in total. The van der Waals surface area contributed by atoms with Gasteiger partial charge in [-0.15, -0.1) is 0 Å². The summed E-state index contributed by atoms with van der Waals surface area (Å²) in [6, 6.07) is 12.0. The molecule has 1 fully saturated rings. The van der Waals surface area contributed by atoms with Crippen LogP contribution in [-0.4, -0.2) is 53.3 Å². The van der Waals surface area contributed by atoms with E-state index in [9.17, 15) is 21.9 Å². The Morgan fingerprint density at radius 3 is 2.38 bits per heavy atom. The van der Waals surface area contributed by atoms with Gasteiger partial charge in [0.15, 0.2) is 0 Å². The number of sulfonamides is 2. The second kappa shape index (κ2) is 10.6. The van der Waals surface area contributed by atoms with Gasteiger partial charge in [0.05, 0.1) is 34.8 Å². The van der Waals surface area contributed by atoms with Gasteiger partial charge in [0.25, 0.3) is 0 Å². The molecule has 3 rings (SSSR count). The minimum absolute atomic E-state index is 0.0361. The average Bonchev–Trinajstić information content (AvgIpc) is 2.75. The molecular weight excluding hydrogens is 476 g/mol. The summed E-state index contributed by atoms with van der Waals surface area (Å²) in [6.45, 7) is 1.67. The van der Waals surface area contributed by atoms with Crippen LogP contribution < -0.4 is 9.44 Å². The lowest BCUT2D eigenvalue weighted by atomic mass is 9.98. The molecule has 0 aliphatic carbocycles. The van der Waals surface area contributed by atoms with E-state index in [0.717, 1.165) is 5.56 Å². The van der Waals surface area contributed by atoms with Gasteiger partial charge in [0, 0.05) is 6.54 Å². The number of benzene rings is 2. The molecule has 176 valence electrons. The molecule has 1 heterocycles. The van der Waals surface area contributed by atoms with Crippen LogP contribution in [0.15, 0.2) is 58.3 Å². The SMILES string of the molecule is Cc1ccc(S(=O)(=O)NCC[C@@H]2CC[C@H](NS(=O)(=O)c3ccccc3Cl)[C@@H](CO)O2)cc1. The summed E-state index contributed by atoms with van der Waals surface area (Å²) in [5.41, 5.74) is 0.967.